The van der Waals surface area contributed by atoms with Gasteiger partial charge in [0.25, 0.3) is 11.8 Å². The zero-order valence-corrected chi connectivity index (χ0v) is 27.4. The molecule has 0 spiro atoms. The van der Waals surface area contributed by atoms with Crippen LogP contribution in [-0.2, 0) is 22.1 Å². The van der Waals surface area contributed by atoms with E-state index in [4.69, 9.17) is 11.6 Å². The van der Waals surface area contributed by atoms with Gasteiger partial charge in [0.1, 0.15) is 9.84 Å². The molecule has 0 aliphatic heterocycles. The number of hydrogen-bond donors (Lipinski definition) is 2. The Morgan fingerprint density at radius 3 is 2.19 bits per heavy atom. The maximum absolute atomic E-state index is 14.6. The highest BCUT2D eigenvalue weighted by Gasteiger charge is 2.73. The number of fused-ring (bicyclic) bond motifs is 1. The van der Waals surface area contributed by atoms with E-state index in [9.17, 15) is 53.5 Å². The smallest absolute Gasteiger partial charge is 0.348 e. The molecule has 4 aromatic rings. The summed E-state index contributed by atoms with van der Waals surface area (Å²) >= 11 is 6.58. The van der Waals surface area contributed by atoms with Crippen LogP contribution in [0.15, 0.2) is 59.4 Å². The lowest BCUT2D eigenvalue weighted by Crippen LogP contribution is -2.50. The maximum Gasteiger partial charge on any atom is 0.435 e. The molecule has 1 aromatic heterocycles. The van der Waals surface area contributed by atoms with Gasteiger partial charge in [0.2, 0.25) is 0 Å². The first-order valence-corrected chi connectivity index (χ1v) is 16.9. The van der Waals surface area contributed by atoms with Gasteiger partial charge in [0, 0.05) is 23.5 Å². The van der Waals surface area contributed by atoms with E-state index in [0.717, 1.165) is 16.9 Å². The van der Waals surface area contributed by atoms with Gasteiger partial charge < -0.3 is 10.6 Å². The number of aromatic nitrogens is 1. The molecule has 48 heavy (non-hydrogen) atoms. The van der Waals surface area contributed by atoms with Crippen LogP contribution in [0.5, 0.6) is 0 Å². The van der Waals surface area contributed by atoms with E-state index in [1.165, 1.54) is 37.3 Å². The van der Waals surface area contributed by atoms with Crippen molar-refractivity contribution in [2.24, 2.45) is 0 Å². The highest BCUT2D eigenvalue weighted by Crippen LogP contribution is 2.53. The monoisotopic (exact) mass is 739 g/mol. The van der Waals surface area contributed by atoms with Crippen molar-refractivity contribution in [1.29, 1.82) is 0 Å². The average Bonchev–Trinajstić information content (AvgIpc) is 3.25. The number of alkyl halides is 7. The van der Waals surface area contributed by atoms with Gasteiger partial charge in [-0.3, -0.25) is 19.0 Å². The van der Waals surface area contributed by atoms with Gasteiger partial charge in [0.05, 0.1) is 38.7 Å². The molecule has 0 saturated carbocycles. The van der Waals surface area contributed by atoms with Crippen LogP contribution >= 0.6 is 22.9 Å². The topological polar surface area (TPSA) is 114 Å². The van der Waals surface area contributed by atoms with Crippen molar-refractivity contribution >= 4 is 60.5 Å². The number of hydrogen-bond acceptors (Lipinski definition) is 6. The van der Waals surface area contributed by atoms with E-state index in [1.54, 1.807) is 13.0 Å². The molecule has 0 aliphatic rings. The van der Waals surface area contributed by atoms with Gasteiger partial charge in [-0.15, -0.1) is 0 Å². The van der Waals surface area contributed by atoms with Crippen LogP contribution in [0.25, 0.3) is 10.2 Å². The number of halogens is 8. The summed E-state index contributed by atoms with van der Waals surface area (Å²) in [6.07, 6.45) is -11.6. The summed E-state index contributed by atoms with van der Waals surface area (Å²) in [4.78, 5) is 38.2. The fourth-order valence-electron chi connectivity index (χ4n) is 4.99. The van der Waals surface area contributed by atoms with Crippen molar-refractivity contribution in [1.82, 2.24) is 9.88 Å². The molecule has 1 heterocycles. The van der Waals surface area contributed by atoms with E-state index in [2.05, 4.69) is 10.6 Å². The summed E-state index contributed by atoms with van der Waals surface area (Å²) in [5.74, 6) is -1.85. The predicted molar refractivity (Wildman–Crippen MR) is 167 cm³/mol. The SMILES string of the molecule is Cc1cc(Cn2c(=O)sc3cc(C(F)(C(F)(F)F)C(F)(F)F)ccc32)ccc1NC(=O)c1cccc(Cl)c1C(=O)N[C@@H](C)CS(C)(=O)=O. The molecular formula is C30H25ClF7N3O5S2. The number of nitrogens with one attached hydrogen (secondary N) is 2. The van der Waals surface area contributed by atoms with Crippen molar-refractivity contribution in [3.8, 4) is 0 Å². The normalized spacial score (nSPS) is 13.4. The minimum atomic E-state index is -6.31. The summed E-state index contributed by atoms with van der Waals surface area (Å²) in [6, 6.07) is 9.44. The van der Waals surface area contributed by atoms with E-state index in [1.807, 2.05) is 0 Å². The predicted octanol–water partition coefficient (Wildman–Crippen LogP) is 6.78. The number of thiazole rings is 1. The number of carbonyl (C=O) groups is 2. The van der Waals surface area contributed by atoms with Crippen molar-refractivity contribution in [2.75, 3.05) is 17.3 Å². The van der Waals surface area contributed by atoms with E-state index >= 15 is 0 Å². The zero-order valence-electron chi connectivity index (χ0n) is 25.0. The number of carbonyl (C=O) groups excluding carboxylic acids is 2. The lowest BCUT2D eigenvalue weighted by molar-refractivity contribution is -0.348. The Hall–Kier alpha value is -3.96. The number of benzene rings is 3. The molecule has 8 nitrogen and oxygen atoms in total. The number of rotatable bonds is 9. The summed E-state index contributed by atoms with van der Waals surface area (Å²) in [6.45, 7) is 2.91. The first-order chi connectivity index (χ1) is 22.0. The quantitative estimate of drug-likeness (QED) is 0.184. The maximum atomic E-state index is 14.6. The molecule has 0 aliphatic carbocycles. The minimum absolute atomic E-state index is 0.0203. The summed E-state index contributed by atoms with van der Waals surface area (Å²) in [7, 11) is -3.42. The molecule has 0 radical (unpaired) electrons. The lowest BCUT2D eigenvalue weighted by Gasteiger charge is -2.30. The van der Waals surface area contributed by atoms with Crippen LogP contribution in [-0.4, -0.2) is 55.2 Å². The summed E-state index contributed by atoms with van der Waals surface area (Å²) in [5.41, 5.74) is -6.45. The second-order valence-electron chi connectivity index (χ2n) is 11.0. The van der Waals surface area contributed by atoms with E-state index in [0.29, 0.717) is 34.6 Å². The van der Waals surface area contributed by atoms with Gasteiger partial charge >= 0.3 is 22.9 Å². The molecule has 0 unspecified atom stereocenters. The average molecular weight is 740 g/mol. The van der Waals surface area contributed by atoms with Gasteiger partial charge in [-0.1, -0.05) is 47.2 Å². The van der Waals surface area contributed by atoms with E-state index < -0.39 is 56.2 Å². The van der Waals surface area contributed by atoms with Crippen LogP contribution in [0.2, 0.25) is 5.02 Å². The standard InChI is InChI=1S/C30H25ClF7N3O5S2/c1-15-11-17(13-41-22-10-8-18(12-23(22)47-27(41)44)28(32,29(33,34)35)30(36,37)38)7-9-21(15)40-25(42)19-5-4-6-20(31)24(19)26(43)39-16(2)14-48(3,45)46/h4-12,16H,13-14H2,1-3H3,(H,39,43)(H,40,42)/t16-/m0/s1. The Kier molecular flexibility index (Phi) is 10.1. The van der Waals surface area contributed by atoms with Crippen LogP contribution in [0, 0.1) is 6.92 Å². The molecule has 2 amide bonds. The van der Waals surface area contributed by atoms with Crippen LogP contribution in [0.1, 0.15) is 44.3 Å². The Labute approximate surface area is 277 Å². The molecule has 1 atom stereocenters. The Morgan fingerprint density at radius 1 is 0.958 bits per heavy atom. The van der Waals surface area contributed by atoms with Crippen molar-refractivity contribution in [3.05, 3.63) is 97.1 Å². The summed E-state index contributed by atoms with van der Waals surface area (Å²) < 4.78 is 118. The van der Waals surface area contributed by atoms with Gasteiger partial charge in [0.15, 0.2) is 0 Å². The molecule has 18 heteroatoms. The molecular weight excluding hydrogens is 715 g/mol. The zero-order chi connectivity index (χ0) is 36.0. The van der Waals surface area contributed by atoms with Crippen LogP contribution in [0.3, 0.4) is 0 Å². The van der Waals surface area contributed by atoms with E-state index in [-0.39, 0.29) is 44.4 Å². The fraction of sp³-hybridized carbons (Fsp3) is 0.300. The molecule has 0 saturated heterocycles. The second-order valence-corrected chi connectivity index (χ2v) is 14.6. The Balaban J connectivity index is 1.58. The fourth-order valence-corrected chi connectivity index (χ4v) is 7.17. The van der Waals surface area contributed by atoms with Crippen molar-refractivity contribution < 1.29 is 48.7 Å². The molecule has 0 fully saturated rings. The van der Waals surface area contributed by atoms with Crippen LogP contribution in [0.4, 0.5) is 36.4 Å². The highest BCUT2D eigenvalue weighted by molar-refractivity contribution is 7.90. The molecule has 2 N–H and O–H groups in total. The van der Waals surface area contributed by atoms with Gasteiger partial charge in [-0.05, 0) is 55.3 Å². The summed E-state index contributed by atoms with van der Waals surface area (Å²) in [5, 5.41) is 5.10. The number of sulfone groups is 1. The largest absolute Gasteiger partial charge is 0.435 e. The van der Waals surface area contributed by atoms with Gasteiger partial charge in [-0.2, -0.15) is 26.3 Å². The first-order valence-electron chi connectivity index (χ1n) is 13.7. The molecule has 4 rings (SSSR count). The third kappa shape index (κ3) is 7.52. The third-order valence-corrected chi connectivity index (χ3v) is 9.50. The lowest BCUT2D eigenvalue weighted by atomic mass is 9.94. The van der Waals surface area contributed by atoms with Gasteiger partial charge in [-0.25, -0.2) is 12.8 Å². The number of amides is 2. The second kappa shape index (κ2) is 13.2. The Morgan fingerprint density at radius 2 is 1.60 bits per heavy atom. The number of anilines is 1. The molecule has 3 aromatic carbocycles. The first kappa shape index (κ1) is 36.9. The highest BCUT2D eigenvalue weighted by atomic mass is 35.5. The van der Waals surface area contributed by atoms with Crippen molar-refractivity contribution in [2.45, 2.75) is 44.5 Å². The number of nitrogens with zero attached hydrogens (tertiary/aromatic N) is 1. The number of aryl methyl sites for hydroxylation is 1. The minimum Gasteiger partial charge on any atom is -0.348 e. The van der Waals surface area contributed by atoms with Crippen LogP contribution < -0.4 is 15.5 Å². The third-order valence-electron chi connectivity index (χ3n) is 7.14. The molecule has 258 valence electrons. The van der Waals surface area contributed by atoms with Crippen molar-refractivity contribution in [3.63, 3.8) is 0 Å². The Bertz CT molecular complexity index is 2060. The molecule has 0 bridgehead atoms.